The Balaban J connectivity index is 3.64. The molecule has 0 aliphatic carbocycles. The summed E-state index contributed by atoms with van der Waals surface area (Å²) in [6.07, 6.45) is -0.741. The van der Waals surface area contributed by atoms with E-state index in [4.69, 9.17) is 5.73 Å². The van der Waals surface area contributed by atoms with E-state index < -0.39 is 12.1 Å². The average Bonchev–Trinajstić information content (AvgIpc) is 1.90. The van der Waals surface area contributed by atoms with Gasteiger partial charge in [-0.1, -0.05) is 0 Å². The van der Waals surface area contributed by atoms with Crippen molar-refractivity contribution in [3.63, 3.8) is 0 Å². The molecule has 5 nitrogen and oxygen atoms in total. The lowest BCUT2D eigenvalue weighted by molar-refractivity contribution is -0.155. The van der Waals surface area contributed by atoms with Crippen LogP contribution in [0.2, 0.25) is 0 Å². The Kier molecular flexibility index (Phi) is 3.94. The third-order valence-corrected chi connectivity index (χ3v) is 0.878. The van der Waals surface area contributed by atoms with Gasteiger partial charge in [-0.25, -0.2) is 4.79 Å². The van der Waals surface area contributed by atoms with Crippen molar-refractivity contribution >= 4 is 5.97 Å². The molecule has 0 bridgehead atoms. The topological polar surface area (TPSA) is 87.6 Å². The summed E-state index contributed by atoms with van der Waals surface area (Å²) >= 11 is 0. The summed E-state index contributed by atoms with van der Waals surface area (Å²) in [7, 11) is 1.36. The zero-order valence-corrected chi connectivity index (χ0v) is 5.16. The number of hydrogen-bond donors (Lipinski definition) is 2. The Hall–Kier alpha value is -0.650. The highest BCUT2D eigenvalue weighted by Crippen LogP contribution is 1.87. The van der Waals surface area contributed by atoms with Crippen LogP contribution in [0, 0.1) is 0 Å². The zero-order valence-electron chi connectivity index (χ0n) is 5.16. The third-order valence-electron chi connectivity index (χ3n) is 0.878. The molecule has 0 rings (SSSR count). The molecule has 1 unspecified atom stereocenters. The molecule has 0 radical (unpaired) electrons. The minimum Gasteiger partial charge on any atom is -0.371 e. The van der Waals surface area contributed by atoms with Gasteiger partial charge in [0, 0.05) is 13.7 Å². The largest absolute Gasteiger partial charge is 0.371 e. The van der Waals surface area contributed by atoms with E-state index in [1.807, 2.05) is 0 Å². The van der Waals surface area contributed by atoms with Gasteiger partial charge in [-0.2, -0.15) is 5.90 Å². The van der Waals surface area contributed by atoms with Gasteiger partial charge in [-0.15, -0.1) is 0 Å². The highest BCUT2D eigenvalue weighted by Gasteiger charge is 2.15. The van der Waals surface area contributed by atoms with Crippen LogP contribution in [0.4, 0.5) is 0 Å². The fourth-order valence-electron chi connectivity index (χ4n) is 0.365. The van der Waals surface area contributed by atoms with Crippen LogP contribution in [0.3, 0.4) is 0 Å². The molecule has 0 heterocycles. The second kappa shape index (κ2) is 4.25. The molecule has 0 fully saturated rings. The molecular weight excluding hydrogens is 124 g/mol. The second-order valence-corrected chi connectivity index (χ2v) is 1.40. The van der Waals surface area contributed by atoms with E-state index in [0.717, 1.165) is 0 Å². The van der Waals surface area contributed by atoms with Crippen molar-refractivity contribution in [2.24, 2.45) is 11.6 Å². The van der Waals surface area contributed by atoms with Crippen molar-refractivity contribution in [2.75, 3.05) is 13.7 Å². The zero-order chi connectivity index (χ0) is 7.28. The first kappa shape index (κ1) is 8.35. The van der Waals surface area contributed by atoms with Crippen LogP contribution >= 0.6 is 0 Å². The van der Waals surface area contributed by atoms with E-state index in [2.05, 4.69) is 15.5 Å². The summed E-state index contributed by atoms with van der Waals surface area (Å²) in [6.45, 7) is 0.0759. The SMILES string of the molecule is COC(CN)C(=O)ON. The van der Waals surface area contributed by atoms with E-state index in [0.29, 0.717) is 0 Å². The van der Waals surface area contributed by atoms with E-state index in [1.54, 1.807) is 0 Å². The van der Waals surface area contributed by atoms with Gasteiger partial charge >= 0.3 is 5.97 Å². The molecule has 0 aromatic heterocycles. The molecule has 0 aliphatic rings. The number of rotatable bonds is 3. The number of nitrogens with two attached hydrogens (primary N) is 2. The van der Waals surface area contributed by atoms with Crippen molar-refractivity contribution in [3.8, 4) is 0 Å². The van der Waals surface area contributed by atoms with Crippen LogP contribution < -0.4 is 11.6 Å². The molecule has 5 heteroatoms. The number of carbonyl (C=O) groups is 1. The minimum absolute atomic E-state index is 0.0759. The Morgan fingerprint density at radius 1 is 1.78 bits per heavy atom. The van der Waals surface area contributed by atoms with Crippen LogP contribution in [0.5, 0.6) is 0 Å². The van der Waals surface area contributed by atoms with Gasteiger partial charge in [0.1, 0.15) is 0 Å². The molecule has 0 saturated carbocycles. The normalized spacial score (nSPS) is 12.8. The minimum atomic E-state index is -0.741. The molecule has 0 amide bonds. The first-order valence-corrected chi connectivity index (χ1v) is 2.39. The van der Waals surface area contributed by atoms with Crippen LogP contribution in [-0.2, 0) is 14.4 Å². The number of methoxy groups -OCH3 is 1. The van der Waals surface area contributed by atoms with E-state index >= 15 is 0 Å². The number of ether oxygens (including phenoxy) is 1. The molecule has 1 atom stereocenters. The van der Waals surface area contributed by atoms with Crippen molar-refractivity contribution in [2.45, 2.75) is 6.10 Å². The van der Waals surface area contributed by atoms with Gasteiger partial charge in [0.05, 0.1) is 0 Å². The maximum atomic E-state index is 10.4. The predicted molar refractivity (Wildman–Crippen MR) is 30.1 cm³/mol. The third kappa shape index (κ3) is 2.41. The van der Waals surface area contributed by atoms with E-state index in [9.17, 15) is 4.79 Å². The molecule has 0 aromatic carbocycles. The van der Waals surface area contributed by atoms with Crippen molar-refractivity contribution in [1.82, 2.24) is 0 Å². The van der Waals surface area contributed by atoms with Gasteiger partial charge in [0.15, 0.2) is 6.10 Å². The van der Waals surface area contributed by atoms with Crippen molar-refractivity contribution in [1.29, 1.82) is 0 Å². The lowest BCUT2D eigenvalue weighted by Crippen LogP contribution is -2.34. The Bertz CT molecular complexity index is 91.8. The maximum absolute atomic E-state index is 10.4. The lowest BCUT2D eigenvalue weighted by atomic mass is 10.4. The predicted octanol–water partition coefficient (Wildman–Crippen LogP) is -1.62. The number of hydrogen-bond acceptors (Lipinski definition) is 5. The quantitative estimate of drug-likeness (QED) is 0.453. The fraction of sp³-hybridized carbons (Fsp3) is 0.750. The van der Waals surface area contributed by atoms with Crippen LogP contribution in [0.1, 0.15) is 0 Å². The summed E-state index contributed by atoms with van der Waals surface area (Å²) in [5.74, 6) is 3.89. The molecule has 9 heavy (non-hydrogen) atoms. The summed E-state index contributed by atoms with van der Waals surface area (Å²) < 4.78 is 4.57. The van der Waals surface area contributed by atoms with Crippen LogP contribution in [0.15, 0.2) is 0 Å². The van der Waals surface area contributed by atoms with Gasteiger partial charge in [0.25, 0.3) is 0 Å². The Labute approximate surface area is 52.9 Å². The summed E-state index contributed by atoms with van der Waals surface area (Å²) in [5, 5.41) is 0. The average molecular weight is 134 g/mol. The Morgan fingerprint density at radius 2 is 2.33 bits per heavy atom. The fourth-order valence-corrected chi connectivity index (χ4v) is 0.365. The maximum Gasteiger partial charge on any atom is 0.354 e. The Morgan fingerprint density at radius 3 is 2.44 bits per heavy atom. The van der Waals surface area contributed by atoms with Crippen molar-refractivity contribution in [3.05, 3.63) is 0 Å². The molecule has 4 N–H and O–H groups in total. The smallest absolute Gasteiger partial charge is 0.354 e. The highest BCUT2D eigenvalue weighted by molar-refractivity contribution is 5.74. The van der Waals surface area contributed by atoms with Gasteiger partial charge < -0.3 is 15.3 Å². The molecule has 0 aliphatic heterocycles. The van der Waals surface area contributed by atoms with Crippen LogP contribution in [-0.4, -0.2) is 25.7 Å². The summed E-state index contributed by atoms with van der Waals surface area (Å²) in [4.78, 5) is 14.3. The van der Waals surface area contributed by atoms with Crippen LogP contribution in [0.25, 0.3) is 0 Å². The monoisotopic (exact) mass is 134 g/mol. The molecule has 0 spiro atoms. The number of carbonyl (C=O) groups excluding carboxylic acids is 1. The van der Waals surface area contributed by atoms with Gasteiger partial charge in [-0.3, -0.25) is 0 Å². The summed E-state index contributed by atoms with van der Waals surface area (Å²) in [6, 6.07) is 0. The first-order chi connectivity index (χ1) is 4.26. The van der Waals surface area contributed by atoms with E-state index in [-0.39, 0.29) is 6.54 Å². The first-order valence-electron chi connectivity index (χ1n) is 2.39. The highest BCUT2D eigenvalue weighted by atomic mass is 16.7. The van der Waals surface area contributed by atoms with Gasteiger partial charge in [-0.05, 0) is 0 Å². The van der Waals surface area contributed by atoms with Gasteiger partial charge in [0.2, 0.25) is 0 Å². The van der Waals surface area contributed by atoms with E-state index in [1.165, 1.54) is 7.11 Å². The molecular formula is C4H10N2O3. The molecule has 54 valence electrons. The second-order valence-electron chi connectivity index (χ2n) is 1.40. The van der Waals surface area contributed by atoms with Crippen molar-refractivity contribution < 1.29 is 14.4 Å². The standard InChI is InChI=1S/C4H10N2O3/c1-8-3(2-5)4(7)9-6/h3H,2,5-6H2,1H3. The molecule has 0 saturated heterocycles. The molecule has 0 aromatic rings. The lowest BCUT2D eigenvalue weighted by Gasteiger charge is -2.07. The summed E-state index contributed by atoms with van der Waals surface area (Å²) in [5.41, 5.74) is 5.08.